The van der Waals surface area contributed by atoms with Crippen LogP contribution >= 0.6 is 0 Å². The maximum atomic E-state index is 13.7. The van der Waals surface area contributed by atoms with Crippen LogP contribution in [0.15, 0.2) is 95.9 Å². The summed E-state index contributed by atoms with van der Waals surface area (Å²) in [6.45, 7) is 7.03. The number of carbonyl (C=O) groups excluding carboxylic acids is 2. The second kappa shape index (κ2) is 14.4. The molecule has 0 radical (unpaired) electrons. The second-order valence-electron chi connectivity index (χ2n) is 13.2. The summed E-state index contributed by atoms with van der Waals surface area (Å²) in [5, 5.41) is 11.7. The molecule has 13 heteroatoms. The Bertz CT molecular complexity index is 2160. The Labute approximate surface area is 294 Å². The van der Waals surface area contributed by atoms with Crippen LogP contribution in [0.4, 0.5) is 10.6 Å². The van der Waals surface area contributed by atoms with Gasteiger partial charge in [-0.3, -0.25) is 14.8 Å². The standard InChI is InChI=1S/C38H37N9O4/c1-38(2,3)50-37(49)47(28-15-18-39-19-16-28)36(48)35-45-33(46-51-35)26-20-25(21-40-22-26)32-43-30-14-9-13-29(24-10-5-4-6-11-24)31(30)34(44-32)42-23-27-12-7-8-17-41-27/h4-14,17,20-22,28,39H,15-16,18-19,23H2,1-3H3,(H,42,43,44). The van der Waals surface area contributed by atoms with Crippen molar-refractivity contribution in [3.8, 4) is 33.9 Å². The molecule has 0 atom stereocenters. The molecule has 7 rings (SSSR count). The number of carbonyl (C=O) groups is 2. The van der Waals surface area contributed by atoms with E-state index in [1.54, 1.807) is 45.4 Å². The minimum Gasteiger partial charge on any atom is -0.443 e. The van der Waals surface area contributed by atoms with E-state index in [4.69, 9.17) is 19.2 Å². The first-order valence-corrected chi connectivity index (χ1v) is 16.8. The van der Waals surface area contributed by atoms with Crippen molar-refractivity contribution in [3.05, 3.63) is 103 Å². The zero-order chi connectivity index (χ0) is 35.4. The molecule has 51 heavy (non-hydrogen) atoms. The quantitative estimate of drug-likeness (QED) is 0.178. The summed E-state index contributed by atoms with van der Waals surface area (Å²) in [5.41, 5.74) is 3.91. The van der Waals surface area contributed by atoms with Crippen molar-refractivity contribution in [1.29, 1.82) is 0 Å². The molecule has 13 nitrogen and oxygen atoms in total. The number of piperidine rings is 1. The van der Waals surface area contributed by atoms with E-state index in [9.17, 15) is 9.59 Å². The fourth-order valence-corrected chi connectivity index (χ4v) is 5.96. The van der Waals surface area contributed by atoms with Gasteiger partial charge in [0.1, 0.15) is 11.4 Å². The number of fused-ring (bicyclic) bond motifs is 1. The van der Waals surface area contributed by atoms with E-state index < -0.39 is 17.6 Å². The molecule has 4 aromatic heterocycles. The fourth-order valence-electron chi connectivity index (χ4n) is 5.96. The summed E-state index contributed by atoms with van der Waals surface area (Å²) in [6, 6.07) is 23.3. The van der Waals surface area contributed by atoms with Gasteiger partial charge in [0.25, 0.3) is 0 Å². The van der Waals surface area contributed by atoms with Gasteiger partial charge in [-0.05, 0) is 82.1 Å². The zero-order valence-corrected chi connectivity index (χ0v) is 28.5. The number of imide groups is 1. The van der Waals surface area contributed by atoms with Gasteiger partial charge >= 0.3 is 17.9 Å². The van der Waals surface area contributed by atoms with Crippen molar-refractivity contribution in [2.24, 2.45) is 0 Å². The lowest BCUT2D eigenvalue weighted by atomic mass is 10.0. The average Bonchev–Trinajstić information content (AvgIpc) is 3.65. The molecule has 0 spiro atoms. The van der Waals surface area contributed by atoms with E-state index in [-0.39, 0.29) is 17.8 Å². The molecule has 5 heterocycles. The number of rotatable bonds is 8. The van der Waals surface area contributed by atoms with Crippen LogP contribution in [0, 0.1) is 0 Å². The Balaban J connectivity index is 1.22. The Hall–Kier alpha value is -6.08. The highest BCUT2D eigenvalue weighted by atomic mass is 16.6. The van der Waals surface area contributed by atoms with E-state index in [0.717, 1.165) is 32.6 Å². The van der Waals surface area contributed by atoms with Gasteiger partial charge in [-0.15, -0.1) is 0 Å². The van der Waals surface area contributed by atoms with E-state index >= 15 is 0 Å². The van der Waals surface area contributed by atoms with Gasteiger partial charge < -0.3 is 19.9 Å². The lowest BCUT2D eigenvalue weighted by Crippen LogP contribution is -2.50. The summed E-state index contributed by atoms with van der Waals surface area (Å²) >= 11 is 0. The van der Waals surface area contributed by atoms with E-state index in [0.29, 0.717) is 55.2 Å². The number of nitrogens with one attached hydrogen (secondary N) is 2. The molecule has 2 N–H and O–H groups in total. The first kappa shape index (κ1) is 33.4. The van der Waals surface area contributed by atoms with Crippen LogP contribution in [0.25, 0.3) is 44.8 Å². The van der Waals surface area contributed by atoms with Crippen LogP contribution in [0.1, 0.15) is 50.0 Å². The largest absolute Gasteiger partial charge is 0.443 e. The molecule has 1 aliphatic heterocycles. The van der Waals surface area contributed by atoms with Gasteiger partial charge in [0.05, 0.1) is 23.1 Å². The molecule has 2 aromatic carbocycles. The zero-order valence-electron chi connectivity index (χ0n) is 28.5. The smallest absolute Gasteiger partial charge is 0.417 e. The van der Waals surface area contributed by atoms with Crippen molar-refractivity contribution >= 4 is 28.7 Å². The van der Waals surface area contributed by atoms with Crippen LogP contribution in [-0.2, 0) is 11.3 Å². The second-order valence-corrected chi connectivity index (χ2v) is 13.2. The number of aromatic nitrogens is 6. The third kappa shape index (κ3) is 7.58. The van der Waals surface area contributed by atoms with Gasteiger partial charge in [-0.25, -0.2) is 19.7 Å². The van der Waals surface area contributed by atoms with Gasteiger partial charge in [0.2, 0.25) is 5.82 Å². The highest BCUT2D eigenvalue weighted by molar-refractivity contribution is 6.03. The SMILES string of the molecule is CC(C)(C)OC(=O)N(C(=O)c1nc(-c2cncc(-c3nc(NCc4ccccn4)c4c(-c5ccccc5)cccc4n3)c2)no1)C1CCNCC1. The van der Waals surface area contributed by atoms with E-state index in [1.165, 1.54) is 0 Å². The third-order valence-corrected chi connectivity index (χ3v) is 8.32. The minimum absolute atomic E-state index is 0.128. The number of nitrogens with zero attached hydrogens (tertiary/aromatic N) is 7. The molecule has 0 unspecified atom stereocenters. The number of hydrogen-bond acceptors (Lipinski definition) is 12. The Morgan fingerprint density at radius 2 is 1.67 bits per heavy atom. The number of anilines is 1. The highest BCUT2D eigenvalue weighted by Crippen LogP contribution is 2.34. The van der Waals surface area contributed by atoms with Gasteiger partial charge in [-0.1, -0.05) is 53.7 Å². The van der Waals surface area contributed by atoms with Gasteiger partial charge in [0.15, 0.2) is 5.82 Å². The normalized spacial score (nSPS) is 13.5. The summed E-state index contributed by atoms with van der Waals surface area (Å²) in [7, 11) is 0. The Kier molecular flexibility index (Phi) is 9.45. The van der Waals surface area contributed by atoms with Gasteiger partial charge in [0, 0.05) is 35.8 Å². The van der Waals surface area contributed by atoms with Crippen LogP contribution in [0.3, 0.4) is 0 Å². The maximum absolute atomic E-state index is 13.7. The lowest BCUT2D eigenvalue weighted by molar-refractivity contribution is 0.0122. The molecular formula is C38H37N9O4. The monoisotopic (exact) mass is 683 g/mol. The molecule has 1 aliphatic rings. The molecule has 1 fully saturated rings. The maximum Gasteiger partial charge on any atom is 0.417 e. The first-order chi connectivity index (χ1) is 24.7. The number of amides is 2. The molecule has 258 valence electrons. The molecule has 2 amide bonds. The number of hydrogen-bond donors (Lipinski definition) is 2. The number of benzene rings is 2. The van der Waals surface area contributed by atoms with Crippen LogP contribution in [-0.4, -0.2) is 71.7 Å². The average molecular weight is 684 g/mol. The highest BCUT2D eigenvalue weighted by Gasteiger charge is 2.37. The predicted molar refractivity (Wildman–Crippen MR) is 191 cm³/mol. The number of pyridine rings is 2. The number of ether oxygens (including phenoxy) is 1. The summed E-state index contributed by atoms with van der Waals surface area (Å²) in [5.74, 6) is 0.152. The molecular weight excluding hydrogens is 646 g/mol. The topological polar surface area (TPSA) is 161 Å². The first-order valence-electron chi connectivity index (χ1n) is 16.8. The lowest BCUT2D eigenvalue weighted by Gasteiger charge is -2.33. The van der Waals surface area contributed by atoms with E-state index in [1.807, 2.05) is 48.5 Å². The van der Waals surface area contributed by atoms with Crippen LogP contribution in [0.2, 0.25) is 0 Å². The van der Waals surface area contributed by atoms with Crippen molar-refractivity contribution in [3.63, 3.8) is 0 Å². The van der Waals surface area contributed by atoms with Crippen molar-refractivity contribution < 1.29 is 18.8 Å². The van der Waals surface area contributed by atoms with E-state index in [2.05, 4.69) is 48.9 Å². The summed E-state index contributed by atoms with van der Waals surface area (Å²) < 4.78 is 11.0. The molecule has 1 saturated heterocycles. The van der Waals surface area contributed by atoms with Crippen molar-refractivity contribution in [1.82, 2.24) is 40.3 Å². The van der Waals surface area contributed by atoms with Crippen LogP contribution < -0.4 is 10.6 Å². The summed E-state index contributed by atoms with van der Waals surface area (Å²) in [4.78, 5) is 51.3. The molecule has 0 bridgehead atoms. The van der Waals surface area contributed by atoms with Crippen molar-refractivity contribution in [2.45, 2.75) is 51.8 Å². The Morgan fingerprint density at radius 3 is 2.41 bits per heavy atom. The van der Waals surface area contributed by atoms with Crippen molar-refractivity contribution in [2.75, 3.05) is 18.4 Å². The Morgan fingerprint density at radius 1 is 0.902 bits per heavy atom. The van der Waals surface area contributed by atoms with Gasteiger partial charge in [-0.2, -0.15) is 4.98 Å². The molecule has 6 aromatic rings. The summed E-state index contributed by atoms with van der Waals surface area (Å²) in [6.07, 6.45) is 5.38. The third-order valence-electron chi connectivity index (χ3n) is 8.32. The molecule has 0 saturated carbocycles. The minimum atomic E-state index is -0.795. The van der Waals surface area contributed by atoms with Crippen LogP contribution in [0.5, 0.6) is 0 Å². The predicted octanol–water partition coefficient (Wildman–Crippen LogP) is 6.55. The molecule has 0 aliphatic carbocycles. The fraction of sp³-hybridized carbons (Fsp3) is 0.263.